The topological polar surface area (TPSA) is 57.7 Å². The third kappa shape index (κ3) is 5.49. The molecule has 254 valence electrons. The van der Waals surface area contributed by atoms with E-state index < -0.39 is 0 Å². The van der Waals surface area contributed by atoms with Gasteiger partial charge in [-0.2, -0.15) is 5.26 Å². The van der Waals surface area contributed by atoms with Crippen molar-refractivity contribution in [1.29, 1.82) is 5.26 Å². The Balaban J connectivity index is 1.18. The second-order valence-electron chi connectivity index (χ2n) is 13.9. The van der Waals surface area contributed by atoms with E-state index in [2.05, 4.69) is 153 Å². The van der Waals surface area contributed by atoms with E-state index in [9.17, 15) is 5.26 Å². The number of hydrogen-bond donors (Lipinski definition) is 0. The molecule has 0 unspecified atom stereocenters. The van der Waals surface area contributed by atoms with Gasteiger partial charge in [0.1, 0.15) is 0 Å². The molecule has 1 aliphatic heterocycles. The summed E-state index contributed by atoms with van der Waals surface area (Å²) in [5.74, 6) is 0. The Kier molecular flexibility index (Phi) is 7.59. The van der Waals surface area contributed by atoms with Gasteiger partial charge < -0.3 is 9.47 Å². The van der Waals surface area contributed by atoms with Crippen LogP contribution in [0.1, 0.15) is 16.7 Å². The van der Waals surface area contributed by atoms with Crippen molar-refractivity contribution in [2.24, 2.45) is 0 Å². The number of nitrogens with zero attached hydrogens (tertiary/aromatic N) is 5. The summed E-state index contributed by atoms with van der Waals surface area (Å²) in [4.78, 5) is 11.3. The molecule has 6 aromatic carbocycles. The average molecular weight is 692 g/mol. The van der Waals surface area contributed by atoms with Crippen LogP contribution < -0.4 is 4.90 Å². The molecule has 1 aliphatic rings. The van der Waals surface area contributed by atoms with Crippen LogP contribution >= 0.6 is 0 Å². The predicted octanol–water partition coefficient (Wildman–Crippen LogP) is 11.6. The Morgan fingerprint density at radius 1 is 0.463 bits per heavy atom. The quantitative estimate of drug-likeness (QED) is 0.180. The van der Waals surface area contributed by atoms with Gasteiger partial charge >= 0.3 is 0 Å². The number of rotatable bonds is 5. The fraction of sp³-hybridized carbons (Fsp3) is 0.0408. The molecular formula is C49H33N5. The maximum Gasteiger partial charge on any atom is 0.0991 e. The first-order valence-corrected chi connectivity index (χ1v) is 18.2. The molecule has 0 fully saturated rings. The molecule has 0 radical (unpaired) electrons. The summed E-state index contributed by atoms with van der Waals surface area (Å²) in [5, 5.41) is 11.9. The second kappa shape index (κ2) is 13.0. The van der Waals surface area contributed by atoms with Crippen molar-refractivity contribution in [1.82, 2.24) is 14.5 Å². The molecule has 0 N–H and O–H groups in total. The highest BCUT2D eigenvalue weighted by Gasteiger charge is 2.23. The van der Waals surface area contributed by atoms with Crippen LogP contribution in [0.4, 0.5) is 5.69 Å². The summed E-state index contributed by atoms with van der Waals surface area (Å²) in [7, 11) is 0. The molecule has 10 rings (SSSR count). The van der Waals surface area contributed by atoms with Crippen molar-refractivity contribution >= 4 is 27.5 Å². The van der Waals surface area contributed by atoms with Crippen molar-refractivity contribution in [3.63, 3.8) is 0 Å². The number of benzene rings is 6. The number of pyridine rings is 2. The van der Waals surface area contributed by atoms with Gasteiger partial charge in [0.15, 0.2) is 0 Å². The first-order chi connectivity index (χ1) is 26.7. The number of hydrogen-bond acceptors (Lipinski definition) is 4. The largest absolute Gasteiger partial charge is 0.363 e. The van der Waals surface area contributed by atoms with Crippen LogP contribution in [0.25, 0.3) is 72.0 Å². The Labute approximate surface area is 313 Å². The van der Waals surface area contributed by atoms with Crippen LogP contribution in [0.3, 0.4) is 0 Å². The zero-order valence-electron chi connectivity index (χ0n) is 29.4. The molecule has 3 aromatic heterocycles. The second-order valence-corrected chi connectivity index (χ2v) is 13.9. The lowest BCUT2D eigenvalue weighted by Crippen LogP contribution is -2.20. The molecule has 54 heavy (non-hydrogen) atoms. The van der Waals surface area contributed by atoms with Crippen LogP contribution in [0, 0.1) is 11.3 Å². The van der Waals surface area contributed by atoms with Crippen LogP contribution in [-0.2, 0) is 13.1 Å². The summed E-state index contributed by atoms with van der Waals surface area (Å²) < 4.78 is 2.34. The zero-order chi connectivity index (χ0) is 36.0. The Morgan fingerprint density at radius 3 is 1.78 bits per heavy atom. The molecule has 0 atom stereocenters. The van der Waals surface area contributed by atoms with Crippen LogP contribution in [0.2, 0.25) is 0 Å². The normalized spacial score (nSPS) is 12.2. The molecule has 0 saturated carbocycles. The molecule has 0 aliphatic carbocycles. The third-order valence-corrected chi connectivity index (χ3v) is 10.7. The van der Waals surface area contributed by atoms with Gasteiger partial charge in [-0.05, 0) is 129 Å². The SMILES string of the molecule is N#Cc1ccc2c(c1)c1ccccc1n2-c1ccc2c(c1)-c1cc(-c3cc(-c4cccnc4)cc(-c4cccnc4)c3)ccc1CN(c1ccccc1)C2. The van der Waals surface area contributed by atoms with E-state index in [1.54, 1.807) is 0 Å². The Hall–Kier alpha value is -7.29. The lowest BCUT2D eigenvalue weighted by Gasteiger charge is -2.24. The highest BCUT2D eigenvalue weighted by Crippen LogP contribution is 2.41. The third-order valence-electron chi connectivity index (χ3n) is 10.7. The van der Waals surface area contributed by atoms with E-state index in [0.717, 1.165) is 74.0 Å². The molecule has 0 spiro atoms. The van der Waals surface area contributed by atoms with E-state index in [0.29, 0.717) is 5.56 Å². The van der Waals surface area contributed by atoms with Gasteiger partial charge in [-0.15, -0.1) is 0 Å². The van der Waals surface area contributed by atoms with E-state index in [4.69, 9.17) is 0 Å². The molecule has 9 aromatic rings. The van der Waals surface area contributed by atoms with Crippen molar-refractivity contribution in [2.75, 3.05) is 4.90 Å². The lowest BCUT2D eigenvalue weighted by atomic mass is 9.90. The van der Waals surface area contributed by atoms with Gasteiger partial charge in [-0.3, -0.25) is 9.97 Å². The molecular weight excluding hydrogens is 659 g/mol. The minimum absolute atomic E-state index is 0.661. The van der Waals surface area contributed by atoms with E-state index in [-0.39, 0.29) is 0 Å². The number of anilines is 1. The molecule has 0 saturated heterocycles. The van der Waals surface area contributed by atoms with Gasteiger partial charge in [0.25, 0.3) is 0 Å². The van der Waals surface area contributed by atoms with E-state index in [1.807, 2.05) is 49.1 Å². The summed E-state index contributed by atoms with van der Waals surface area (Å²) in [6.07, 6.45) is 7.48. The van der Waals surface area contributed by atoms with Crippen molar-refractivity contribution in [2.45, 2.75) is 13.1 Å². The number of nitriles is 1. The fourth-order valence-electron chi connectivity index (χ4n) is 8.04. The highest BCUT2D eigenvalue weighted by molar-refractivity contribution is 6.09. The van der Waals surface area contributed by atoms with Gasteiger partial charge in [0, 0.05) is 71.2 Å². The number of aromatic nitrogens is 3. The molecule has 4 heterocycles. The van der Waals surface area contributed by atoms with E-state index >= 15 is 0 Å². The average Bonchev–Trinajstić information content (AvgIpc) is 3.48. The molecule has 5 nitrogen and oxygen atoms in total. The van der Waals surface area contributed by atoms with Crippen molar-refractivity contribution in [3.05, 3.63) is 193 Å². The maximum atomic E-state index is 9.73. The molecule has 0 amide bonds. The monoisotopic (exact) mass is 691 g/mol. The molecule has 0 bridgehead atoms. The Morgan fingerprint density at radius 2 is 1.09 bits per heavy atom. The minimum atomic E-state index is 0.661. The summed E-state index contributed by atoms with van der Waals surface area (Å²) in [6.45, 7) is 1.57. The van der Waals surface area contributed by atoms with Crippen LogP contribution in [-0.4, -0.2) is 14.5 Å². The maximum absolute atomic E-state index is 9.73. The first kappa shape index (κ1) is 31.4. The fourth-order valence-corrected chi connectivity index (χ4v) is 8.04. The summed E-state index contributed by atoms with van der Waals surface area (Å²) in [5.41, 5.74) is 16.8. The zero-order valence-corrected chi connectivity index (χ0v) is 29.4. The number of fused-ring (bicyclic) bond motifs is 6. The van der Waals surface area contributed by atoms with Gasteiger partial charge in [0.05, 0.1) is 22.7 Å². The highest BCUT2D eigenvalue weighted by atomic mass is 15.1. The smallest absolute Gasteiger partial charge is 0.0991 e. The van der Waals surface area contributed by atoms with Gasteiger partial charge in [-0.25, -0.2) is 0 Å². The number of para-hydroxylation sites is 2. The van der Waals surface area contributed by atoms with E-state index in [1.165, 1.54) is 27.9 Å². The lowest BCUT2D eigenvalue weighted by molar-refractivity contribution is 0.812. The van der Waals surface area contributed by atoms with Crippen molar-refractivity contribution < 1.29 is 0 Å². The molecule has 5 heteroatoms. The van der Waals surface area contributed by atoms with Gasteiger partial charge in [-0.1, -0.05) is 66.7 Å². The minimum Gasteiger partial charge on any atom is -0.363 e. The Bertz CT molecular complexity index is 2830. The van der Waals surface area contributed by atoms with Gasteiger partial charge in [0.2, 0.25) is 0 Å². The summed E-state index contributed by atoms with van der Waals surface area (Å²) in [6, 6.07) is 56.4. The summed E-state index contributed by atoms with van der Waals surface area (Å²) >= 11 is 0. The van der Waals surface area contributed by atoms with Crippen molar-refractivity contribution in [3.8, 4) is 56.3 Å². The first-order valence-electron chi connectivity index (χ1n) is 18.2. The van der Waals surface area contributed by atoms with Crippen LogP contribution in [0.15, 0.2) is 176 Å². The predicted molar refractivity (Wildman–Crippen MR) is 219 cm³/mol. The standard InChI is InChI=1S/C49H33N5/c50-28-33-14-19-49-47(22-33)44-12-4-5-13-48(44)54(49)43-18-17-38-32-53(42-10-2-1-3-11-42)31-37-16-15-34(26-45(37)46(38)27-43)39-23-40(35-8-6-20-51-29-35)25-41(24-39)36-9-7-21-52-30-36/h1-27,29-30H,31-32H2. The van der Waals surface area contributed by atoms with Crippen LogP contribution in [0.5, 0.6) is 0 Å².